The summed E-state index contributed by atoms with van der Waals surface area (Å²) in [6.45, 7) is 2.29. The molecule has 2 rings (SSSR count). The summed E-state index contributed by atoms with van der Waals surface area (Å²) in [5, 5.41) is 3.49. The molecule has 6 heteroatoms. The molecule has 0 aromatic heterocycles. The van der Waals surface area contributed by atoms with Crippen molar-refractivity contribution in [2.75, 3.05) is 20.2 Å². The van der Waals surface area contributed by atoms with Gasteiger partial charge in [-0.1, -0.05) is 41.9 Å². The zero-order valence-corrected chi connectivity index (χ0v) is 15.8. The number of hydrogen-bond donors (Lipinski definition) is 1. The van der Waals surface area contributed by atoms with Crippen molar-refractivity contribution in [2.45, 2.75) is 19.9 Å². The average Bonchev–Trinajstić information content (AvgIpc) is 2.63. The third-order valence-corrected chi connectivity index (χ3v) is 4.24. The van der Waals surface area contributed by atoms with E-state index in [1.807, 2.05) is 42.5 Å². The molecule has 0 saturated carbocycles. The lowest BCUT2D eigenvalue weighted by Gasteiger charge is -2.21. The summed E-state index contributed by atoms with van der Waals surface area (Å²) in [6.07, 6.45) is 0.639. The summed E-state index contributed by atoms with van der Waals surface area (Å²) in [6, 6.07) is 15.0. The SMILES string of the molecule is COc1ccccc1CNC(=O)CN(CCc1cccc(Cl)c1)C(C)=O. The number of methoxy groups -OCH3 is 1. The second-order valence-electron chi connectivity index (χ2n) is 5.91. The highest BCUT2D eigenvalue weighted by molar-refractivity contribution is 6.30. The Labute approximate surface area is 158 Å². The van der Waals surface area contributed by atoms with Gasteiger partial charge in [0, 0.05) is 30.6 Å². The molecule has 2 aromatic carbocycles. The number of carbonyl (C=O) groups excluding carboxylic acids is 2. The second-order valence-corrected chi connectivity index (χ2v) is 6.35. The standard InChI is InChI=1S/C20H23ClN2O3/c1-15(24)23(11-10-16-6-5-8-18(21)12-16)14-20(25)22-13-17-7-3-4-9-19(17)26-2/h3-9,12H,10-11,13-14H2,1-2H3,(H,22,25). The molecule has 0 heterocycles. The van der Waals surface area contributed by atoms with Crippen LogP contribution in [-0.2, 0) is 22.6 Å². The molecule has 5 nitrogen and oxygen atoms in total. The van der Waals surface area contributed by atoms with Crippen LogP contribution in [0.3, 0.4) is 0 Å². The van der Waals surface area contributed by atoms with Gasteiger partial charge in [-0.25, -0.2) is 0 Å². The minimum Gasteiger partial charge on any atom is -0.496 e. The lowest BCUT2D eigenvalue weighted by Crippen LogP contribution is -2.40. The van der Waals surface area contributed by atoms with E-state index in [-0.39, 0.29) is 18.4 Å². The molecule has 0 spiro atoms. The van der Waals surface area contributed by atoms with Gasteiger partial charge in [0.2, 0.25) is 11.8 Å². The van der Waals surface area contributed by atoms with Crippen molar-refractivity contribution >= 4 is 23.4 Å². The van der Waals surface area contributed by atoms with E-state index in [0.29, 0.717) is 24.5 Å². The monoisotopic (exact) mass is 374 g/mol. The molecule has 2 amide bonds. The largest absolute Gasteiger partial charge is 0.496 e. The maximum absolute atomic E-state index is 12.2. The van der Waals surface area contributed by atoms with E-state index in [1.54, 1.807) is 13.2 Å². The van der Waals surface area contributed by atoms with Crippen molar-refractivity contribution in [3.63, 3.8) is 0 Å². The first-order valence-corrected chi connectivity index (χ1v) is 8.76. The van der Waals surface area contributed by atoms with Crippen molar-refractivity contribution < 1.29 is 14.3 Å². The van der Waals surface area contributed by atoms with Crippen LogP contribution in [0, 0.1) is 0 Å². The molecule has 0 unspecified atom stereocenters. The summed E-state index contributed by atoms with van der Waals surface area (Å²) in [5.41, 5.74) is 1.91. The van der Waals surface area contributed by atoms with Gasteiger partial charge in [0.1, 0.15) is 5.75 Å². The summed E-state index contributed by atoms with van der Waals surface area (Å²) < 4.78 is 5.27. The average molecular weight is 375 g/mol. The van der Waals surface area contributed by atoms with Gasteiger partial charge in [0.25, 0.3) is 0 Å². The van der Waals surface area contributed by atoms with Crippen LogP contribution in [0.5, 0.6) is 5.75 Å². The lowest BCUT2D eigenvalue weighted by atomic mass is 10.1. The Morgan fingerprint density at radius 3 is 2.62 bits per heavy atom. The normalized spacial score (nSPS) is 10.3. The smallest absolute Gasteiger partial charge is 0.239 e. The van der Waals surface area contributed by atoms with Gasteiger partial charge in [-0.05, 0) is 30.2 Å². The molecule has 0 fully saturated rings. The van der Waals surface area contributed by atoms with Crippen molar-refractivity contribution in [3.05, 3.63) is 64.7 Å². The van der Waals surface area contributed by atoms with E-state index in [4.69, 9.17) is 16.3 Å². The third-order valence-electron chi connectivity index (χ3n) is 4.01. The van der Waals surface area contributed by atoms with E-state index in [9.17, 15) is 9.59 Å². The first-order chi connectivity index (χ1) is 12.5. The molecule has 0 bridgehead atoms. The predicted octanol–water partition coefficient (Wildman–Crippen LogP) is 3.06. The van der Waals surface area contributed by atoms with E-state index in [2.05, 4.69) is 5.32 Å². The molecule has 1 N–H and O–H groups in total. The van der Waals surface area contributed by atoms with Crippen LogP contribution in [0.25, 0.3) is 0 Å². The summed E-state index contributed by atoms with van der Waals surface area (Å²) in [4.78, 5) is 25.6. The van der Waals surface area contributed by atoms with E-state index >= 15 is 0 Å². The van der Waals surface area contributed by atoms with Gasteiger partial charge < -0.3 is 15.0 Å². The van der Waals surface area contributed by atoms with Crippen LogP contribution in [0.1, 0.15) is 18.1 Å². The highest BCUT2D eigenvalue weighted by Gasteiger charge is 2.14. The molecule has 0 aliphatic carbocycles. The summed E-state index contributed by atoms with van der Waals surface area (Å²) >= 11 is 5.98. The van der Waals surface area contributed by atoms with Crippen LogP contribution in [0.4, 0.5) is 0 Å². The Kier molecular flexibility index (Phi) is 7.48. The molecule has 0 aliphatic heterocycles. The Hall–Kier alpha value is -2.53. The number of nitrogens with zero attached hydrogens (tertiary/aromatic N) is 1. The first kappa shape index (κ1) is 19.8. The van der Waals surface area contributed by atoms with Crippen molar-refractivity contribution in [3.8, 4) is 5.75 Å². The van der Waals surface area contributed by atoms with Gasteiger partial charge in [-0.2, -0.15) is 0 Å². The fourth-order valence-corrected chi connectivity index (χ4v) is 2.79. The number of halogens is 1. The molecule has 0 aliphatic rings. The van der Waals surface area contributed by atoms with Gasteiger partial charge in [-0.15, -0.1) is 0 Å². The lowest BCUT2D eigenvalue weighted by molar-refractivity contribution is -0.134. The van der Waals surface area contributed by atoms with Gasteiger partial charge >= 0.3 is 0 Å². The number of hydrogen-bond acceptors (Lipinski definition) is 3. The first-order valence-electron chi connectivity index (χ1n) is 8.38. The van der Waals surface area contributed by atoms with Crippen LogP contribution in [0.2, 0.25) is 5.02 Å². The number of ether oxygens (including phenoxy) is 1. The van der Waals surface area contributed by atoms with E-state index < -0.39 is 0 Å². The Bertz CT molecular complexity index is 764. The minimum absolute atomic E-state index is 0.0189. The fraction of sp³-hybridized carbons (Fsp3) is 0.300. The fourth-order valence-electron chi connectivity index (χ4n) is 2.58. The van der Waals surface area contributed by atoms with Crippen LogP contribution < -0.4 is 10.1 Å². The van der Waals surface area contributed by atoms with Crippen LogP contribution >= 0.6 is 11.6 Å². The number of rotatable bonds is 8. The van der Waals surface area contributed by atoms with Crippen molar-refractivity contribution in [1.82, 2.24) is 10.2 Å². The van der Waals surface area contributed by atoms with E-state index in [1.165, 1.54) is 11.8 Å². The highest BCUT2D eigenvalue weighted by Crippen LogP contribution is 2.16. The number of benzene rings is 2. The molecule has 2 aromatic rings. The van der Waals surface area contributed by atoms with Crippen molar-refractivity contribution in [1.29, 1.82) is 0 Å². The Morgan fingerprint density at radius 1 is 1.15 bits per heavy atom. The number of nitrogens with one attached hydrogen (secondary N) is 1. The highest BCUT2D eigenvalue weighted by atomic mass is 35.5. The van der Waals surface area contributed by atoms with Crippen molar-refractivity contribution in [2.24, 2.45) is 0 Å². The molecule has 0 radical (unpaired) electrons. The maximum Gasteiger partial charge on any atom is 0.239 e. The molecule has 0 saturated heterocycles. The molecule has 26 heavy (non-hydrogen) atoms. The molecule has 138 valence electrons. The second kappa shape index (κ2) is 9.82. The van der Waals surface area contributed by atoms with Gasteiger partial charge in [0.15, 0.2) is 0 Å². The van der Waals surface area contributed by atoms with Crippen LogP contribution in [-0.4, -0.2) is 36.9 Å². The number of amides is 2. The molecular formula is C20H23ClN2O3. The molecule has 0 atom stereocenters. The predicted molar refractivity (Wildman–Crippen MR) is 102 cm³/mol. The molecular weight excluding hydrogens is 352 g/mol. The zero-order chi connectivity index (χ0) is 18.9. The number of para-hydroxylation sites is 1. The van der Waals surface area contributed by atoms with E-state index in [0.717, 1.165) is 16.9 Å². The Balaban J connectivity index is 1.88. The summed E-state index contributed by atoms with van der Waals surface area (Å²) in [7, 11) is 1.59. The topological polar surface area (TPSA) is 58.6 Å². The maximum atomic E-state index is 12.2. The number of carbonyl (C=O) groups is 2. The van der Waals surface area contributed by atoms with Gasteiger partial charge in [-0.3, -0.25) is 9.59 Å². The van der Waals surface area contributed by atoms with Gasteiger partial charge in [0.05, 0.1) is 13.7 Å². The quantitative estimate of drug-likeness (QED) is 0.772. The van der Waals surface area contributed by atoms with Crippen LogP contribution in [0.15, 0.2) is 48.5 Å². The Morgan fingerprint density at radius 2 is 1.92 bits per heavy atom. The minimum atomic E-state index is -0.211. The third kappa shape index (κ3) is 6.08. The summed E-state index contributed by atoms with van der Waals surface area (Å²) in [5.74, 6) is 0.369. The zero-order valence-electron chi connectivity index (χ0n) is 15.0.